The molecule has 2 aromatic carbocycles. The normalized spacial score (nSPS) is 13.3. The minimum absolute atomic E-state index is 0.203. The van der Waals surface area contributed by atoms with Crippen molar-refractivity contribution in [1.82, 2.24) is 0 Å². The van der Waals surface area contributed by atoms with Gasteiger partial charge in [-0.2, -0.15) is 4.57 Å². The van der Waals surface area contributed by atoms with E-state index in [1.807, 2.05) is 50.2 Å². The fourth-order valence-corrected chi connectivity index (χ4v) is 3.36. The van der Waals surface area contributed by atoms with E-state index in [-0.39, 0.29) is 17.3 Å². The highest BCUT2D eigenvalue weighted by Gasteiger charge is 2.38. The fraction of sp³-hybridized carbons (Fsp3) is 0.125. The van der Waals surface area contributed by atoms with Gasteiger partial charge < -0.3 is 10.1 Å². The molecule has 3 aromatic rings. The molecule has 144 valence electrons. The highest BCUT2D eigenvalue weighted by Crippen LogP contribution is 2.31. The molecule has 0 amide bonds. The molecule has 0 saturated heterocycles. The van der Waals surface area contributed by atoms with Crippen molar-refractivity contribution >= 4 is 23.0 Å². The Morgan fingerprint density at radius 2 is 1.48 bits per heavy atom. The van der Waals surface area contributed by atoms with Crippen LogP contribution in [0.25, 0.3) is 5.70 Å². The third-order valence-electron chi connectivity index (χ3n) is 4.80. The third-order valence-corrected chi connectivity index (χ3v) is 4.80. The zero-order chi connectivity index (χ0) is 20.4. The number of pyridine rings is 1. The van der Waals surface area contributed by atoms with Crippen molar-refractivity contribution in [3.63, 3.8) is 0 Å². The molecule has 1 aromatic heterocycles. The molecule has 5 nitrogen and oxygen atoms in total. The zero-order valence-corrected chi connectivity index (χ0v) is 16.3. The molecular weight excluding hydrogens is 364 g/mol. The molecule has 1 aliphatic rings. The molecule has 0 saturated carbocycles. The minimum atomic E-state index is -0.227. The zero-order valence-electron chi connectivity index (χ0n) is 16.3. The van der Waals surface area contributed by atoms with Gasteiger partial charge in [0.25, 0.3) is 11.5 Å². The van der Waals surface area contributed by atoms with Gasteiger partial charge in [-0.3, -0.25) is 9.59 Å². The number of Topliss-reactive ketones (excluding diaryl/α,β-unsaturated/α-hetero) is 2. The molecule has 1 N–H and O–H groups in total. The summed E-state index contributed by atoms with van der Waals surface area (Å²) >= 11 is 0. The van der Waals surface area contributed by atoms with Crippen LogP contribution in [0.15, 0.2) is 78.8 Å². The van der Waals surface area contributed by atoms with Crippen molar-refractivity contribution in [3.05, 3.63) is 95.4 Å². The number of hydrogen-bond acceptors (Lipinski definition) is 4. The number of carbonyl (C=O) groups is 2. The van der Waals surface area contributed by atoms with Crippen LogP contribution in [-0.4, -0.2) is 18.2 Å². The van der Waals surface area contributed by atoms with Gasteiger partial charge in [0.2, 0.25) is 5.78 Å². The fourth-order valence-electron chi connectivity index (χ4n) is 3.36. The molecule has 5 heteroatoms. The largest absolute Gasteiger partial charge is 0.492 e. The van der Waals surface area contributed by atoms with E-state index in [2.05, 4.69) is 5.32 Å². The number of nitrogens with one attached hydrogen (secondary N) is 1. The number of anilines is 1. The summed E-state index contributed by atoms with van der Waals surface area (Å²) in [6, 6.07) is 18.1. The second-order valence-electron chi connectivity index (χ2n) is 6.76. The molecule has 0 bridgehead atoms. The van der Waals surface area contributed by atoms with E-state index in [1.54, 1.807) is 41.2 Å². The molecule has 0 atom stereocenters. The Kier molecular flexibility index (Phi) is 4.96. The number of rotatable bonds is 5. The van der Waals surface area contributed by atoms with E-state index < -0.39 is 0 Å². The first-order chi connectivity index (χ1) is 14.1. The Hall–Kier alpha value is -3.73. The number of ketones is 2. The van der Waals surface area contributed by atoms with Crippen LogP contribution in [0.3, 0.4) is 0 Å². The Balaban J connectivity index is 1.90. The lowest BCUT2D eigenvalue weighted by atomic mass is 9.90. The summed E-state index contributed by atoms with van der Waals surface area (Å²) in [5.41, 5.74) is 3.02. The van der Waals surface area contributed by atoms with Crippen LogP contribution in [0.2, 0.25) is 0 Å². The van der Waals surface area contributed by atoms with Crippen molar-refractivity contribution in [1.29, 1.82) is 0 Å². The second kappa shape index (κ2) is 7.72. The Bertz CT molecular complexity index is 1130. The summed E-state index contributed by atoms with van der Waals surface area (Å²) in [5.74, 6) is 0.190. The number of carbonyl (C=O) groups excluding carboxylic acids is 2. The lowest BCUT2D eigenvalue weighted by Gasteiger charge is -2.19. The van der Waals surface area contributed by atoms with E-state index in [0.29, 0.717) is 34.9 Å². The third kappa shape index (κ3) is 3.43. The first kappa shape index (κ1) is 18.6. The Labute approximate surface area is 169 Å². The number of nitrogens with zero attached hydrogens (tertiary/aromatic N) is 1. The van der Waals surface area contributed by atoms with Gasteiger partial charge in [0, 0.05) is 23.3 Å². The van der Waals surface area contributed by atoms with Crippen molar-refractivity contribution in [2.75, 3.05) is 11.9 Å². The van der Waals surface area contributed by atoms with Gasteiger partial charge in [-0.15, -0.1) is 0 Å². The lowest BCUT2D eigenvalue weighted by molar-refractivity contribution is -0.577. The number of aromatic nitrogens is 1. The molecule has 4 rings (SSSR count). The molecule has 0 unspecified atom stereocenters. The molecule has 29 heavy (non-hydrogen) atoms. The summed E-state index contributed by atoms with van der Waals surface area (Å²) in [7, 11) is 0. The standard InChI is InChI=1S/C24H20N2O3/c1-3-29-20-11-7-6-10-19(20)25-21-22(26-14-12-16(2)13-15-26)24(28)18-9-5-4-8-17(18)23(21)27/h4-15H,3H2,1-2H3/p+1. The van der Waals surface area contributed by atoms with Crippen LogP contribution in [0.4, 0.5) is 5.69 Å². The van der Waals surface area contributed by atoms with Crippen LogP contribution in [-0.2, 0) is 0 Å². The molecule has 0 radical (unpaired) electrons. The van der Waals surface area contributed by atoms with Gasteiger partial charge in [0.1, 0.15) is 5.75 Å². The van der Waals surface area contributed by atoms with Gasteiger partial charge in [-0.1, -0.05) is 36.4 Å². The second-order valence-corrected chi connectivity index (χ2v) is 6.76. The first-order valence-electron chi connectivity index (χ1n) is 9.50. The average Bonchev–Trinajstić information content (AvgIpc) is 2.74. The molecule has 0 aliphatic heterocycles. The average molecular weight is 385 g/mol. The summed E-state index contributed by atoms with van der Waals surface area (Å²) in [5, 5.41) is 3.18. The number of benzene rings is 2. The van der Waals surface area contributed by atoms with E-state index >= 15 is 0 Å². The monoisotopic (exact) mass is 385 g/mol. The van der Waals surface area contributed by atoms with Crippen LogP contribution in [0.1, 0.15) is 33.2 Å². The highest BCUT2D eigenvalue weighted by molar-refractivity contribution is 6.36. The maximum Gasteiger partial charge on any atom is 0.286 e. The van der Waals surface area contributed by atoms with Gasteiger partial charge in [0.05, 0.1) is 12.3 Å². The van der Waals surface area contributed by atoms with Gasteiger partial charge in [-0.25, -0.2) is 0 Å². The number of para-hydroxylation sites is 2. The number of allylic oxidation sites excluding steroid dienone is 2. The molecule has 1 heterocycles. The van der Waals surface area contributed by atoms with Gasteiger partial charge in [0.15, 0.2) is 18.1 Å². The smallest absolute Gasteiger partial charge is 0.286 e. The van der Waals surface area contributed by atoms with E-state index in [4.69, 9.17) is 4.74 Å². The number of fused-ring (bicyclic) bond motifs is 1. The maximum atomic E-state index is 13.4. The van der Waals surface area contributed by atoms with E-state index in [1.165, 1.54) is 0 Å². The van der Waals surface area contributed by atoms with Crippen LogP contribution < -0.4 is 14.6 Å². The predicted molar refractivity (Wildman–Crippen MR) is 111 cm³/mol. The van der Waals surface area contributed by atoms with E-state index in [0.717, 1.165) is 5.56 Å². The lowest BCUT2D eigenvalue weighted by Crippen LogP contribution is -2.42. The summed E-state index contributed by atoms with van der Waals surface area (Å²) in [6.45, 7) is 4.36. The predicted octanol–water partition coefficient (Wildman–Crippen LogP) is 4.04. The van der Waals surface area contributed by atoms with Crippen molar-refractivity contribution < 1.29 is 18.9 Å². The topological polar surface area (TPSA) is 59.3 Å². The SMILES string of the molecule is CCOc1ccccc1NC1=C([n+]2ccc(C)cc2)C(=O)c2ccccc2C1=O. The Morgan fingerprint density at radius 3 is 2.17 bits per heavy atom. The van der Waals surface area contributed by atoms with Crippen LogP contribution in [0.5, 0.6) is 5.75 Å². The number of ether oxygens (including phenoxy) is 1. The number of hydrogen-bond donors (Lipinski definition) is 1. The van der Waals surface area contributed by atoms with E-state index in [9.17, 15) is 9.59 Å². The molecular formula is C24H21N2O3+. The summed E-state index contributed by atoms with van der Waals surface area (Å²) in [6.07, 6.45) is 3.58. The quantitative estimate of drug-likeness (QED) is 0.674. The van der Waals surface area contributed by atoms with Crippen LogP contribution in [0, 0.1) is 6.92 Å². The summed E-state index contributed by atoms with van der Waals surface area (Å²) in [4.78, 5) is 26.7. The minimum Gasteiger partial charge on any atom is -0.492 e. The van der Waals surface area contributed by atoms with Gasteiger partial charge >= 0.3 is 0 Å². The van der Waals surface area contributed by atoms with Gasteiger partial charge in [-0.05, 0) is 31.5 Å². The van der Waals surface area contributed by atoms with Crippen LogP contribution >= 0.6 is 0 Å². The Morgan fingerprint density at radius 1 is 0.862 bits per heavy atom. The molecule has 1 aliphatic carbocycles. The van der Waals surface area contributed by atoms with Crippen molar-refractivity contribution in [2.24, 2.45) is 0 Å². The molecule has 0 fully saturated rings. The maximum absolute atomic E-state index is 13.4. The molecule has 0 spiro atoms. The first-order valence-corrected chi connectivity index (χ1v) is 9.50. The van der Waals surface area contributed by atoms with Crippen molar-refractivity contribution in [2.45, 2.75) is 13.8 Å². The van der Waals surface area contributed by atoms with Crippen molar-refractivity contribution in [3.8, 4) is 5.75 Å². The highest BCUT2D eigenvalue weighted by atomic mass is 16.5. The summed E-state index contributed by atoms with van der Waals surface area (Å²) < 4.78 is 7.37. The number of aryl methyl sites for hydroxylation is 1.